The van der Waals surface area contributed by atoms with Gasteiger partial charge in [0.1, 0.15) is 0 Å². The summed E-state index contributed by atoms with van der Waals surface area (Å²) in [6.07, 6.45) is 2.45. The van der Waals surface area contributed by atoms with Gasteiger partial charge in [0.15, 0.2) is 0 Å². The number of para-hydroxylation sites is 1. The van der Waals surface area contributed by atoms with E-state index in [1.165, 1.54) is 23.9 Å². The van der Waals surface area contributed by atoms with Crippen LogP contribution in [0.25, 0.3) is 10.9 Å². The van der Waals surface area contributed by atoms with Crippen molar-refractivity contribution in [1.82, 2.24) is 9.88 Å². The van der Waals surface area contributed by atoms with Crippen molar-refractivity contribution in [2.75, 3.05) is 19.6 Å². The third-order valence-corrected chi connectivity index (χ3v) is 4.08. The highest BCUT2D eigenvalue weighted by molar-refractivity contribution is 5.85. The lowest BCUT2D eigenvalue weighted by Crippen LogP contribution is -2.35. The number of aromatic nitrogens is 1. The van der Waals surface area contributed by atoms with Crippen molar-refractivity contribution in [3.05, 3.63) is 42.1 Å². The second-order valence-electron chi connectivity index (χ2n) is 5.45. The van der Waals surface area contributed by atoms with E-state index in [0.29, 0.717) is 0 Å². The van der Waals surface area contributed by atoms with E-state index in [2.05, 4.69) is 35.2 Å². The molecule has 116 valence electrons. The highest BCUT2D eigenvalue weighted by Crippen LogP contribution is 2.18. The Labute approximate surface area is 138 Å². The summed E-state index contributed by atoms with van der Waals surface area (Å²) in [5, 5.41) is 1.22. The maximum absolute atomic E-state index is 5.73. The van der Waals surface area contributed by atoms with Crippen molar-refractivity contribution in [3.8, 4) is 0 Å². The van der Waals surface area contributed by atoms with Crippen molar-refractivity contribution >= 4 is 35.7 Å². The predicted molar refractivity (Wildman–Crippen MR) is 93.3 cm³/mol. The van der Waals surface area contributed by atoms with Crippen molar-refractivity contribution in [3.63, 3.8) is 0 Å². The molecule has 2 heterocycles. The summed E-state index contributed by atoms with van der Waals surface area (Å²) in [4.78, 5) is 7.23. The molecule has 0 aliphatic carbocycles. The number of nitrogens with zero attached hydrogens (tertiary/aromatic N) is 2. The number of piperidine rings is 1. The molecule has 0 unspecified atom stereocenters. The Morgan fingerprint density at radius 2 is 1.76 bits per heavy atom. The Morgan fingerprint density at radius 1 is 1.05 bits per heavy atom. The summed E-state index contributed by atoms with van der Waals surface area (Å²) in [5.41, 5.74) is 8.00. The normalized spacial score (nSPS) is 16.2. The van der Waals surface area contributed by atoms with Crippen LogP contribution in [0.3, 0.4) is 0 Å². The van der Waals surface area contributed by atoms with Crippen molar-refractivity contribution < 1.29 is 0 Å². The van der Waals surface area contributed by atoms with Gasteiger partial charge in [0.05, 0.1) is 11.2 Å². The molecule has 0 radical (unpaired) electrons. The van der Waals surface area contributed by atoms with E-state index in [1.54, 1.807) is 0 Å². The third kappa shape index (κ3) is 4.55. The van der Waals surface area contributed by atoms with Crippen LogP contribution in [0.15, 0.2) is 36.4 Å². The molecule has 21 heavy (non-hydrogen) atoms. The number of benzene rings is 1. The first-order valence-corrected chi connectivity index (χ1v) is 7.12. The first-order valence-electron chi connectivity index (χ1n) is 7.12. The molecule has 1 fully saturated rings. The largest absolute Gasteiger partial charge is 0.330 e. The average Bonchev–Trinajstić information content (AvgIpc) is 2.48. The van der Waals surface area contributed by atoms with E-state index in [0.717, 1.165) is 37.6 Å². The number of rotatable bonds is 3. The summed E-state index contributed by atoms with van der Waals surface area (Å²) in [6.45, 7) is 4.09. The fraction of sp³-hybridized carbons (Fsp3) is 0.438. The quantitative estimate of drug-likeness (QED) is 0.940. The minimum Gasteiger partial charge on any atom is -0.330 e. The van der Waals surface area contributed by atoms with Gasteiger partial charge in [-0.15, -0.1) is 24.8 Å². The van der Waals surface area contributed by atoms with Gasteiger partial charge >= 0.3 is 0 Å². The Kier molecular flexibility index (Phi) is 7.40. The molecule has 0 spiro atoms. The minimum absolute atomic E-state index is 0. The zero-order chi connectivity index (χ0) is 13.1. The molecule has 1 aliphatic heterocycles. The van der Waals surface area contributed by atoms with Crippen LogP contribution in [0, 0.1) is 5.92 Å². The van der Waals surface area contributed by atoms with E-state index >= 15 is 0 Å². The Hall–Kier alpha value is -0.870. The molecule has 1 saturated heterocycles. The van der Waals surface area contributed by atoms with Crippen molar-refractivity contribution in [1.29, 1.82) is 0 Å². The van der Waals surface area contributed by atoms with E-state index in [4.69, 9.17) is 10.7 Å². The average molecular weight is 328 g/mol. The van der Waals surface area contributed by atoms with E-state index in [1.807, 2.05) is 6.07 Å². The summed E-state index contributed by atoms with van der Waals surface area (Å²) in [5.74, 6) is 0.723. The predicted octanol–water partition coefficient (Wildman–Crippen LogP) is 3.25. The number of hydrogen-bond donors (Lipinski definition) is 1. The molecule has 0 amide bonds. The Balaban J connectivity index is 0.00000110. The van der Waals surface area contributed by atoms with Crippen LogP contribution in [0.4, 0.5) is 0 Å². The molecule has 2 aromatic rings. The number of fused-ring (bicyclic) bond motifs is 1. The van der Waals surface area contributed by atoms with Crippen LogP contribution in [-0.2, 0) is 6.54 Å². The second-order valence-corrected chi connectivity index (χ2v) is 5.45. The molecule has 3 nitrogen and oxygen atoms in total. The van der Waals surface area contributed by atoms with Gasteiger partial charge in [-0.25, -0.2) is 0 Å². The summed E-state index contributed by atoms with van der Waals surface area (Å²) < 4.78 is 0. The van der Waals surface area contributed by atoms with Crippen LogP contribution >= 0.6 is 24.8 Å². The molecule has 2 N–H and O–H groups in total. The molecule has 3 rings (SSSR count). The number of hydrogen-bond acceptors (Lipinski definition) is 3. The van der Waals surface area contributed by atoms with Gasteiger partial charge in [-0.3, -0.25) is 9.88 Å². The van der Waals surface area contributed by atoms with Gasteiger partial charge in [-0.2, -0.15) is 0 Å². The molecule has 1 aromatic heterocycles. The summed E-state index contributed by atoms with van der Waals surface area (Å²) in [6, 6.07) is 12.6. The maximum atomic E-state index is 5.73. The lowest BCUT2D eigenvalue weighted by atomic mass is 9.97. The molecule has 0 bridgehead atoms. The molecular formula is C16H23Cl2N3. The lowest BCUT2D eigenvalue weighted by Gasteiger charge is -2.31. The van der Waals surface area contributed by atoms with E-state index < -0.39 is 0 Å². The smallest absolute Gasteiger partial charge is 0.0705 e. The first kappa shape index (κ1) is 18.2. The summed E-state index contributed by atoms with van der Waals surface area (Å²) >= 11 is 0. The van der Waals surface area contributed by atoms with Gasteiger partial charge < -0.3 is 5.73 Å². The van der Waals surface area contributed by atoms with Crippen LogP contribution in [0.2, 0.25) is 0 Å². The highest BCUT2D eigenvalue weighted by atomic mass is 35.5. The van der Waals surface area contributed by atoms with Gasteiger partial charge in [0.2, 0.25) is 0 Å². The van der Waals surface area contributed by atoms with Crippen LogP contribution in [-0.4, -0.2) is 29.5 Å². The van der Waals surface area contributed by atoms with Crippen molar-refractivity contribution in [2.24, 2.45) is 11.7 Å². The van der Waals surface area contributed by atoms with E-state index in [9.17, 15) is 0 Å². The first-order chi connectivity index (χ1) is 9.35. The van der Waals surface area contributed by atoms with Crippen LogP contribution in [0.5, 0.6) is 0 Å². The molecule has 1 aromatic carbocycles. The minimum atomic E-state index is 0. The van der Waals surface area contributed by atoms with Gasteiger partial charge in [-0.1, -0.05) is 24.3 Å². The number of nitrogens with two attached hydrogens (primary N) is 1. The fourth-order valence-electron chi connectivity index (χ4n) is 2.81. The third-order valence-electron chi connectivity index (χ3n) is 4.08. The number of pyridine rings is 1. The lowest BCUT2D eigenvalue weighted by molar-refractivity contribution is 0.179. The molecule has 0 saturated carbocycles. The highest BCUT2D eigenvalue weighted by Gasteiger charge is 2.18. The molecule has 0 atom stereocenters. The standard InChI is InChI=1S/C16H21N3.2ClH/c17-11-13-7-9-19(10-8-13)12-15-6-5-14-3-1-2-4-16(14)18-15;;/h1-6,13H,7-12,17H2;2*1H. The Morgan fingerprint density at radius 3 is 2.48 bits per heavy atom. The zero-order valence-corrected chi connectivity index (χ0v) is 13.7. The fourth-order valence-corrected chi connectivity index (χ4v) is 2.81. The van der Waals surface area contributed by atoms with Gasteiger partial charge in [0, 0.05) is 11.9 Å². The van der Waals surface area contributed by atoms with Gasteiger partial charge in [0.25, 0.3) is 0 Å². The summed E-state index contributed by atoms with van der Waals surface area (Å²) in [7, 11) is 0. The second kappa shape index (κ2) is 8.54. The maximum Gasteiger partial charge on any atom is 0.0705 e. The van der Waals surface area contributed by atoms with Crippen molar-refractivity contribution in [2.45, 2.75) is 19.4 Å². The molecule has 1 aliphatic rings. The SMILES string of the molecule is Cl.Cl.NCC1CCN(Cc2ccc3ccccc3n2)CC1. The number of halogens is 2. The zero-order valence-electron chi connectivity index (χ0n) is 12.1. The number of likely N-dealkylation sites (tertiary alicyclic amines) is 1. The van der Waals surface area contributed by atoms with E-state index in [-0.39, 0.29) is 24.8 Å². The van der Waals surface area contributed by atoms with Crippen LogP contribution in [0.1, 0.15) is 18.5 Å². The molecule has 5 heteroatoms. The Bertz CT molecular complexity index is 554. The monoisotopic (exact) mass is 327 g/mol. The molecular weight excluding hydrogens is 305 g/mol. The van der Waals surface area contributed by atoms with Crippen LogP contribution < -0.4 is 5.73 Å². The topological polar surface area (TPSA) is 42.1 Å². The van der Waals surface area contributed by atoms with Gasteiger partial charge in [-0.05, 0) is 50.5 Å².